The van der Waals surface area contributed by atoms with Crippen LogP contribution in [0.2, 0.25) is 0 Å². The van der Waals surface area contributed by atoms with Crippen LogP contribution in [-0.2, 0) is 4.79 Å². The van der Waals surface area contributed by atoms with Gasteiger partial charge in [0.15, 0.2) is 0 Å². The van der Waals surface area contributed by atoms with Crippen molar-refractivity contribution in [3.8, 4) is 0 Å². The predicted molar refractivity (Wildman–Crippen MR) is 86.4 cm³/mol. The van der Waals surface area contributed by atoms with E-state index in [4.69, 9.17) is 0 Å². The van der Waals surface area contributed by atoms with Gasteiger partial charge in [-0.1, -0.05) is 0 Å². The third-order valence-electron chi connectivity index (χ3n) is 5.14. The molecule has 0 radical (unpaired) electrons. The van der Waals surface area contributed by atoms with Crippen molar-refractivity contribution in [1.82, 2.24) is 20.4 Å². The van der Waals surface area contributed by atoms with Crippen LogP contribution >= 0.6 is 0 Å². The lowest BCUT2D eigenvalue weighted by atomic mass is 9.93. The summed E-state index contributed by atoms with van der Waals surface area (Å²) in [5.74, 6) is 0.959. The second-order valence-corrected chi connectivity index (χ2v) is 7.09. The van der Waals surface area contributed by atoms with Crippen LogP contribution in [0.5, 0.6) is 0 Å². The van der Waals surface area contributed by atoms with Crippen LogP contribution in [0.4, 0.5) is 0 Å². The Balaban J connectivity index is 1.70. The van der Waals surface area contributed by atoms with E-state index in [-0.39, 0.29) is 5.91 Å². The molecule has 2 aliphatic rings. The number of carbonyl (C=O) groups excluding carboxylic acids is 1. The molecule has 0 atom stereocenters. The number of nitrogens with one attached hydrogen (secondary N) is 2. The monoisotopic (exact) mass is 296 g/mol. The minimum Gasteiger partial charge on any atom is -0.354 e. The maximum Gasteiger partial charge on any atom is 0.239 e. The number of nitrogens with zero attached hydrogens (tertiary/aromatic N) is 2. The Morgan fingerprint density at radius 1 is 1.19 bits per heavy atom. The molecule has 0 aromatic heterocycles. The molecular formula is C16H32N4O. The quantitative estimate of drug-likeness (QED) is 0.776. The lowest BCUT2D eigenvalue weighted by Crippen LogP contribution is -2.60. The number of hydrogen-bond donors (Lipinski definition) is 2. The molecule has 0 aliphatic carbocycles. The smallest absolute Gasteiger partial charge is 0.239 e. The molecule has 0 aromatic rings. The second-order valence-electron chi connectivity index (χ2n) is 7.09. The standard InChI is InChI=1S/C16H32N4O/c1-16(2,20-12-8-17-9-13-20)15(21)18-7-4-14-5-10-19(3)11-6-14/h14,17H,4-13H2,1-3H3,(H,18,21). The van der Waals surface area contributed by atoms with Gasteiger partial charge in [0.05, 0.1) is 5.54 Å². The minimum absolute atomic E-state index is 0.178. The third-order valence-corrected chi connectivity index (χ3v) is 5.14. The first-order valence-corrected chi connectivity index (χ1v) is 8.43. The highest BCUT2D eigenvalue weighted by Gasteiger charge is 2.34. The van der Waals surface area contributed by atoms with E-state index in [9.17, 15) is 4.79 Å². The van der Waals surface area contributed by atoms with Gasteiger partial charge in [0.2, 0.25) is 5.91 Å². The maximum absolute atomic E-state index is 12.5. The molecule has 2 heterocycles. The second kappa shape index (κ2) is 7.56. The number of likely N-dealkylation sites (tertiary alicyclic amines) is 1. The van der Waals surface area contributed by atoms with Crippen molar-refractivity contribution in [2.45, 2.75) is 38.6 Å². The van der Waals surface area contributed by atoms with E-state index in [1.165, 1.54) is 25.9 Å². The lowest BCUT2D eigenvalue weighted by molar-refractivity contribution is -0.132. The zero-order chi connectivity index (χ0) is 15.3. The first-order valence-electron chi connectivity index (χ1n) is 8.43. The number of piperidine rings is 1. The topological polar surface area (TPSA) is 47.6 Å². The van der Waals surface area contributed by atoms with E-state index in [1.54, 1.807) is 0 Å². The fourth-order valence-electron chi connectivity index (χ4n) is 3.32. The van der Waals surface area contributed by atoms with Crippen LogP contribution in [0.25, 0.3) is 0 Å². The van der Waals surface area contributed by atoms with Crippen molar-refractivity contribution in [2.24, 2.45) is 5.92 Å². The Morgan fingerprint density at radius 2 is 1.81 bits per heavy atom. The molecule has 0 spiro atoms. The normalized spacial score (nSPS) is 23.2. The SMILES string of the molecule is CN1CCC(CCNC(=O)C(C)(C)N2CCNCC2)CC1. The number of hydrogen-bond acceptors (Lipinski definition) is 4. The highest BCUT2D eigenvalue weighted by Crippen LogP contribution is 2.19. The first kappa shape index (κ1) is 16.7. The van der Waals surface area contributed by atoms with Gasteiger partial charge in [-0.2, -0.15) is 0 Å². The van der Waals surface area contributed by atoms with E-state index in [2.05, 4.69) is 27.5 Å². The van der Waals surface area contributed by atoms with Crippen LogP contribution in [0.3, 0.4) is 0 Å². The molecule has 5 nitrogen and oxygen atoms in total. The van der Waals surface area contributed by atoms with E-state index >= 15 is 0 Å². The summed E-state index contributed by atoms with van der Waals surface area (Å²) in [6.07, 6.45) is 3.67. The van der Waals surface area contributed by atoms with Crippen molar-refractivity contribution >= 4 is 5.91 Å². The van der Waals surface area contributed by atoms with Crippen LogP contribution in [0, 0.1) is 5.92 Å². The molecule has 0 aromatic carbocycles. The van der Waals surface area contributed by atoms with Gasteiger partial charge in [0, 0.05) is 32.7 Å². The molecule has 0 unspecified atom stereocenters. The average molecular weight is 296 g/mol. The fraction of sp³-hybridized carbons (Fsp3) is 0.938. The Bertz CT molecular complexity index is 331. The molecule has 21 heavy (non-hydrogen) atoms. The maximum atomic E-state index is 12.5. The van der Waals surface area contributed by atoms with E-state index in [1.807, 2.05) is 13.8 Å². The van der Waals surface area contributed by atoms with Crippen LogP contribution < -0.4 is 10.6 Å². The van der Waals surface area contributed by atoms with Gasteiger partial charge in [-0.05, 0) is 59.2 Å². The zero-order valence-corrected chi connectivity index (χ0v) is 14.0. The Labute approximate surface area is 129 Å². The Kier molecular flexibility index (Phi) is 6.02. The van der Waals surface area contributed by atoms with E-state index < -0.39 is 5.54 Å². The van der Waals surface area contributed by atoms with Crippen LogP contribution in [0.15, 0.2) is 0 Å². The predicted octanol–water partition coefficient (Wildman–Crippen LogP) is 0.518. The van der Waals surface area contributed by atoms with Crippen molar-refractivity contribution in [3.63, 3.8) is 0 Å². The highest BCUT2D eigenvalue weighted by atomic mass is 16.2. The number of piperazine rings is 1. The summed E-state index contributed by atoms with van der Waals surface area (Å²) in [6, 6.07) is 0. The molecule has 2 saturated heterocycles. The third kappa shape index (κ3) is 4.66. The van der Waals surface area contributed by atoms with Gasteiger partial charge in [-0.3, -0.25) is 9.69 Å². The molecule has 0 bridgehead atoms. The molecule has 5 heteroatoms. The van der Waals surface area contributed by atoms with Crippen molar-refractivity contribution in [1.29, 1.82) is 0 Å². The van der Waals surface area contributed by atoms with Gasteiger partial charge in [-0.25, -0.2) is 0 Å². The number of amides is 1. The Morgan fingerprint density at radius 3 is 2.43 bits per heavy atom. The summed E-state index contributed by atoms with van der Waals surface area (Å²) in [6.45, 7) is 11.2. The van der Waals surface area contributed by atoms with Crippen molar-refractivity contribution in [3.05, 3.63) is 0 Å². The first-order chi connectivity index (χ1) is 10.00. The minimum atomic E-state index is -0.394. The van der Waals surface area contributed by atoms with E-state index in [0.29, 0.717) is 0 Å². The molecule has 2 N–H and O–H groups in total. The largest absolute Gasteiger partial charge is 0.354 e. The summed E-state index contributed by atoms with van der Waals surface area (Å²) in [7, 11) is 2.19. The average Bonchev–Trinajstić information content (AvgIpc) is 2.50. The summed E-state index contributed by atoms with van der Waals surface area (Å²) in [5.41, 5.74) is -0.394. The van der Waals surface area contributed by atoms with Gasteiger partial charge in [-0.15, -0.1) is 0 Å². The van der Waals surface area contributed by atoms with Gasteiger partial charge < -0.3 is 15.5 Å². The summed E-state index contributed by atoms with van der Waals surface area (Å²) in [4.78, 5) is 17.2. The van der Waals surface area contributed by atoms with Crippen molar-refractivity contribution in [2.75, 3.05) is 52.9 Å². The summed E-state index contributed by atoms with van der Waals surface area (Å²) < 4.78 is 0. The molecule has 1 amide bonds. The number of carbonyl (C=O) groups is 1. The van der Waals surface area contributed by atoms with Crippen molar-refractivity contribution < 1.29 is 4.79 Å². The summed E-state index contributed by atoms with van der Waals surface area (Å²) >= 11 is 0. The molecule has 2 rings (SSSR count). The molecule has 2 fully saturated rings. The fourth-order valence-corrected chi connectivity index (χ4v) is 3.32. The molecule has 0 saturated carbocycles. The molecular weight excluding hydrogens is 264 g/mol. The summed E-state index contributed by atoms with van der Waals surface area (Å²) in [5, 5.41) is 6.50. The van der Waals surface area contributed by atoms with E-state index in [0.717, 1.165) is 45.1 Å². The Hall–Kier alpha value is -0.650. The van der Waals surface area contributed by atoms with Gasteiger partial charge in [0.1, 0.15) is 0 Å². The number of rotatable bonds is 5. The van der Waals surface area contributed by atoms with Crippen LogP contribution in [0.1, 0.15) is 33.1 Å². The lowest BCUT2D eigenvalue weighted by Gasteiger charge is -2.40. The van der Waals surface area contributed by atoms with Gasteiger partial charge >= 0.3 is 0 Å². The molecule has 122 valence electrons. The highest BCUT2D eigenvalue weighted by molar-refractivity contribution is 5.85. The van der Waals surface area contributed by atoms with Crippen LogP contribution in [-0.4, -0.2) is 74.1 Å². The zero-order valence-electron chi connectivity index (χ0n) is 14.0. The van der Waals surface area contributed by atoms with Gasteiger partial charge in [0.25, 0.3) is 0 Å². The molecule has 2 aliphatic heterocycles.